The van der Waals surface area contributed by atoms with Crippen LogP contribution in [-0.2, 0) is 6.54 Å². The number of oxime groups is 1. The topological polar surface area (TPSA) is 92.6 Å². The Morgan fingerprint density at radius 3 is 2.81 bits per heavy atom. The van der Waals surface area contributed by atoms with Gasteiger partial charge in [0.05, 0.1) is 6.54 Å². The summed E-state index contributed by atoms with van der Waals surface area (Å²) < 4.78 is 1.69. The van der Waals surface area contributed by atoms with Crippen LogP contribution in [0.5, 0.6) is 0 Å². The third-order valence-electron chi connectivity index (χ3n) is 2.41. The highest BCUT2D eigenvalue weighted by Gasteiger charge is 2.06. The van der Waals surface area contributed by atoms with Crippen molar-refractivity contribution in [1.29, 1.82) is 0 Å². The summed E-state index contributed by atoms with van der Waals surface area (Å²) >= 11 is 0. The van der Waals surface area contributed by atoms with Crippen LogP contribution in [0.3, 0.4) is 0 Å². The molecule has 0 saturated carbocycles. The molecular formula is C9H18N6O. The molecule has 0 radical (unpaired) electrons. The second-order valence-electron chi connectivity index (χ2n) is 3.34. The second kappa shape index (κ2) is 6.06. The minimum atomic E-state index is -0.0680. The third-order valence-corrected chi connectivity index (χ3v) is 2.41. The highest BCUT2D eigenvalue weighted by atomic mass is 16.4. The van der Waals surface area contributed by atoms with Crippen molar-refractivity contribution in [1.82, 2.24) is 19.7 Å². The molecule has 0 aliphatic heterocycles. The zero-order chi connectivity index (χ0) is 12.0. The Hall–Kier alpha value is -1.63. The smallest absolute Gasteiger partial charge is 0.219 e. The normalized spacial score (nSPS) is 12.3. The Morgan fingerprint density at radius 2 is 2.25 bits per heavy atom. The lowest BCUT2D eigenvalue weighted by Crippen LogP contribution is -2.27. The lowest BCUT2D eigenvalue weighted by atomic mass is 10.5. The molecule has 1 heterocycles. The fraction of sp³-hybridized carbons (Fsp3) is 0.667. The number of nitrogens with two attached hydrogens (primary N) is 1. The van der Waals surface area contributed by atoms with Crippen molar-refractivity contribution in [2.45, 2.75) is 20.4 Å². The molecule has 0 unspecified atom stereocenters. The van der Waals surface area contributed by atoms with Gasteiger partial charge in [0.2, 0.25) is 11.7 Å². The average Bonchev–Trinajstić information content (AvgIpc) is 2.78. The number of likely N-dealkylation sites (N-methyl/N-ethyl adjacent to an activating group) is 1. The van der Waals surface area contributed by atoms with Gasteiger partial charge in [-0.05, 0) is 13.1 Å². The van der Waals surface area contributed by atoms with E-state index in [2.05, 4.69) is 34.0 Å². The molecule has 90 valence electrons. The molecule has 7 nitrogen and oxygen atoms in total. The van der Waals surface area contributed by atoms with E-state index in [4.69, 9.17) is 10.9 Å². The van der Waals surface area contributed by atoms with E-state index >= 15 is 0 Å². The van der Waals surface area contributed by atoms with Gasteiger partial charge in [-0.1, -0.05) is 19.0 Å². The summed E-state index contributed by atoms with van der Waals surface area (Å²) in [5.74, 6) is 0.184. The molecule has 0 atom stereocenters. The van der Waals surface area contributed by atoms with Crippen molar-refractivity contribution in [3.63, 3.8) is 0 Å². The quantitative estimate of drug-likeness (QED) is 0.301. The van der Waals surface area contributed by atoms with Crippen LogP contribution < -0.4 is 5.73 Å². The Balaban J connectivity index is 2.52. The van der Waals surface area contributed by atoms with E-state index in [1.54, 1.807) is 11.0 Å². The number of hydrogen-bond donors (Lipinski definition) is 2. The molecule has 0 fully saturated rings. The van der Waals surface area contributed by atoms with Gasteiger partial charge < -0.3 is 15.8 Å². The number of hydrogen-bond acceptors (Lipinski definition) is 5. The maximum Gasteiger partial charge on any atom is 0.219 e. The number of rotatable bonds is 6. The summed E-state index contributed by atoms with van der Waals surface area (Å²) in [7, 11) is 0. The Kier molecular flexibility index (Phi) is 4.71. The zero-order valence-electron chi connectivity index (χ0n) is 9.67. The van der Waals surface area contributed by atoms with Gasteiger partial charge in [0, 0.05) is 6.54 Å². The highest BCUT2D eigenvalue weighted by Crippen LogP contribution is 1.92. The van der Waals surface area contributed by atoms with E-state index in [1.807, 2.05) is 0 Å². The van der Waals surface area contributed by atoms with Crippen molar-refractivity contribution in [3.8, 4) is 0 Å². The number of nitrogens with zero attached hydrogens (tertiary/aromatic N) is 5. The summed E-state index contributed by atoms with van der Waals surface area (Å²) in [4.78, 5) is 6.22. The third kappa shape index (κ3) is 3.20. The Bertz CT molecular complexity index is 344. The van der Waals surface area contributed by atoms with E-state index in [-0.39, 0.29) is 11.7 Å². The standard InChI is InChI=1S/C9H18N6O/c1-3-14(4-2)5-6-15-7-11-9(12-15)8(10)13-16/h7,16H,3-6H2,1-2H3,(H2,10,13). The fourth-order valence-corrected chi connectivity index (χ4v) is 1.35. The van der Waals surface area contributed by atoms with Crippen molar-refractivity contribution >= 4 is 5.84 Å². The minimum absolute atomic E-state index is 0.0680. The van der Waals surface area contributed by atoms with Gasteiger partial charge in [-0.25, -0.2) is 4.98 Å². The van der Waals surface area contributed by atoms with Crippen LogP contribution >= 0.6 is 0 Å². The van der Waals surface area contributed by atoms with Crippen LogP contribution in [0.25, 0.3) is 0 Å². The maximum atomic E-state index is 8.46. The number of aromatic nitrogens is 3. The first-order valence-electron chi connectivity index (χ1n) is 5.31. The van der Waals surface area contributed by atoms with Gasteiger partial charge in [-0.2, -0.15) is 0 Å². The molecule has 1 aromatic heterocycles. The van der Waals surface area contributed by atoms with Gasteiger partial charge >= 0.3 is 0 Å². The highest BCUT2D eigenvalue weighted by molar-refractivity contribution is 5.93. The molecule has 0 amide bonds. The van der Waals surface area contributed by atoms with E-state index in [1.165, 1.54) is 0 Å². The molecule has 1 aromatic rings. The molecule has 0 aliphatic rings. The summed E-state index contributed by atoms with van der Waals surface area (Å²) in [6.45, 7) is 7.91. The van der Waals surface area contributed by atoms with Crippen LogP contribution in [0.1, 0.15) is 19.7 Å². The van der Waals surface area contributed by atoms with Crippen LogP contribution in [-0.4, -0.2) is 50.3 Å². The molecule has 16 heavy (non-hydrogen) atoms. The van der Waals surface area contributed by atoms with Crippen molar-refractivity contribution < 1.29 is 5.21 Å². The fourth-order valence-electron chi connectivity index (χ4n) is 1.35. The van der Waals surface area contributed by atoms with Crippen molar-refractivity contribution in [2.24, 2.45) is 10.9 Å². The molecule has 0 aliphatic carbocycles. The monoisotopic (exact) mass is 226 g/mol. The first-order valence-corrected chi connectivity index (χ1v) is 5.31. The van der Waals surface area contributed by atoms with Gasteiger partial charge in [-0.15, -0.1) is 5.10 Å². The van der Waals surface area contributed by atoms with Crippen molar-refractivity contribution in [2.75, 3.05) is 19.6 Å². The predicted molar refractivity (Wildman–Crippen MR) is 60.3 cm³/mol. The Labute approximate surface area is 94.6 Å². The van der Waals surface area contributed by atoms with E-state index in [0.717, 1.165) is 26.2 Å². The molecule has 1 rings (SSSR count). The maximum absolute atomic E-state index is 8.46. The van der Waals surface area contributed by atoms with Gasteiger partial charge in [0.25, 0.3) is 0 Å². The van der Waals surface area contributed by atoms with Crippen LogP contribution in [0.4, 0.5) is 0 Å². The summed E-state index contributed by atoms with van der Waals surface area (Å²) in [6.07, 6.45) is 1.58. The lowest BCUT2D eigenvalue weighted by Gasteiger charge is -2.17. The van der Waals surface area contributed by atoms with E-state index < -0.39 is 0 Å². The lowest BCUT2D eigenvalue weighted by molar-refractivity contribution is 0.285. The largest absolute Gasteiger partial charge is 0.409 e. The van der Waals surface area contributed by atoms with E-state index in [0.29, 0.717) is 0 Å². The minimum Gasteiger partial charge on any atom is -0.409 e. The van der Waals surface area contributed by atoms with E-state index in [9.17, 15) is 0 Å². The summed E-state index contributed by atoms with van der Waals surface area (Å²) in [5, 5.41) is 15.4. The number of amidine groups is 1. The van der Waals surface area contributed by atoms with Crippen LogP contribution in [0, 0.1) is 0 Å². The first kappa shape index (κ1) is 12.4. The summed E-state index contributed by atoms with van der Waals surface area (Å²) in [5.41, 5.74) is 5.37. The molecule has 0 saturated heterocycles. The van der Waals surface area contributed by atoms with Gasteiger partial charge in [0.1, 0.15) is 6.33 Å². The second-order valence-corrected chi connectivity index (χ2v) is 3.34. The predicted octanol–water partition coefficient (Wildman–Crippen LogP) is -0.286. The zero-order valence-corrected chi connectivity index (χ0v) is 9.67. The van der Waals surface area contributed by atoms with Crippen LogP contribution in [0.2, 0.25) is 0 Å². The average molecular weight is 226 g/mol. The van der Waals surface area contributed by atoms with Gasteiger partial charge in [0.15, 0.2) is 0 Å². The molecular weight excluding hydrogens is 208 g/mol. The molecule has 7 heteroatoms. The van der Waals surface area contributed by atoms with Gasteiger partial charge in [-0.3, -0.25) is 4.68 Å². The molecule has 3 N–H and O–H groups in total. The summed E-state index contributed by atoms with van der Waals surface area (Å²) in [6, 6.07) is 0. The Morgan fingerprint density at radius 1 is 1.56 bits per heavy atom. The molecule has 0 spiro atoms. The molecule has 0 bridgehead atoms. The first-order chi connectivity index (χ1) is 7.71. The molecule has 0 aromatic carbocycles. The van der Waals surface area contributed by atoms with Crippen molar-refractivity contribution in [3.05, 3.63) is 12.2 Å². The van der Waals surface area contributed by atoms with Crippen LogP contribution in [0.15, 0.2) is 11.5 Å². The SMILES string of the molecule is CCN(CC)CCn1cnc(C(N)=NO)n1.